The van der Waals surface area contributed by atoms with Gasteiger partial charge in [-0.1, -0.05) is 11.6 Å². The van der Waals surface area contributed by atoms with Crippen molar-refractivity contribution in [3.05, 3.63) is 41.4 Å². The van der Waals surface area contributed by atoms with E-state index in [1.54, 1.807) is 24.3 Å². The van der Waals surface area contributed by atoms with Crippen molar-refractivity contribution in [1.82, 2.24) is 15.2 Å². The molecule has 1 N–H and O–H groups in total. The van der Waals surface area contributed by atoms with Crippen molar-refractivity contribution in [3.63, 3.8) is 0 Å². The molecule has 132 valence electrons. The monoisotopic (exact) mass is 361 g/mol. The van der Waals surface area contributed by atoms with Gasteiger partial charge in [0.1, 0.15) is 11.9 Å². The van der Waals surface area contributed by atoms with Crippen LogP contribution in [0.3, 0.4) is 0 Å². The highest BCUT2D eigenvalue weighted by Crippen LogP contribution is 2.32. The van der Waals surface area contributed by atoms with Gasteiger partial charge in [-0.3, -0.25) is 9.69 Å². The Bertz CT molecular complexity index is 751. The van der Waals surface area contributed by atoms with E-state index in [0.29, 0.717) is 22.7 Å². The fourth-order valence-electron chi connectivity index (χ4n) is 3.79. The molecule has 3 aliphatic rings. The van der Waals surface area contributed by atoms with Crippen LogP contribution in [0.15, 0.2) is 34.9 Å². The molecular weight excluding hydrogens is 342 g/mol. The first-order chi connectivity index (χ1) is 12.1. The van der Waals surface area contributed by atoms with Crippen LogP contribution in [0, 0.1) is 5.92 Å². The molecule has 0 saturated carbocycles. The number of ether oxygens (including phenoxy) is 1. The van der Waals surface area contributed by atoms with Gasteiger partial charge in [0.2, 0.25) is 0 Å². The van der Waals surface area contributed by atoms with Crippen molar-refractivity contribution in [2.75, 3.05) is 13.1 Å². The number of piperidine rings is 3. The minimum Gasteiger partial charge on any atom is -0.425 e. The summed E-state index contributed by atoms with van der Waals surface area (Å²) >= 11 is 5.84. The number of carbonyl (C=O) groups excluding carboxylic acids is 1. The standard InChI is InChI=1S/C18H20ClN3O3/c1-11-16(12-6-8-22(11)9-7-12)21-17(23)18-20-10-15(25-18)24-14-4-2-13(19)3-5-14/h2-5,10-12,16H,6-9H2,1H3,(H,21,23)/t11-,16-/m0/s1. The SMILES string of the molecule is C[C@H]1[C@H](NC(=O)c2ncc(Oc3ccc(Cl)cc3)o2)C2CCN1CC2. The van der Waals surface area contributed by atoms with Crippen molar-refractivity contribution in [1.29, 1.82) is 0 Å². The zero-order valence-electron chi connectivity index (χ0n) is 13.9. The Morgan fingerprint density at radius 2 is 2.04 bits per heavy atom. The van der Waals surface area contributed by atoms with E-state index in [1.807, 2.05) is 0 Å². The molecule has 0 spiro atoms. The van der Waals surface area contributed by atoms with Crippen molar-refractivity contribution in [3.8, 4) is 11.7 Å². The molecule has 1 aromatic heterocycles. The lowest BCUT2D eigenvalue weighted by atomic mass is 9.79. The second kappa shape index (κ2) is 6.69. The van der Waals surface area contributed by atoms with Crippen LogP contribution in [-0.2, 0) is 0 Å². The average Bonchev–Trinajstić information content (AvgIpc) is 3.09. The largest absolute Gasteiger partial charge is 0.425 e. The van der Waals surface area contributed by atoms with E-state index in [0.717, 1.165) is 25.9 Å². The number of aromatic nitrogens is 1. The second-order valence-corrected chi connectivity index (χ2v) is 7.09. The summed E-state index contributed by atoms with van der Waals surface area (Å²) in [5.74, 6) is 1.00. The lowest BCUT2D eigenvalue weighted by Crippen LogP contribution is -2.62. The van der Waals surface area contributed by atoms with Gasteiger partial charge >= 0.3 is 11.9 Å². The van der Waals surface area contributed by atoms with Crippen LogP contribution in [-0.4, -0.2) is 41.0 Å². The molecule has 3 fully saturated rings. The molecule has 1 amide bonds. The average molecular weight is 362 g/mol. The summed E-state index contributed by atoms with van der Waals surface area (Å²) in [5, 5.41) is 3.71. The highest BCUT2D eigenvalue weighted by Gasteiger charge is 2.40. The quantitative estimate of drug-likeness (QED) is 0.904. The van der Waals surface area contributed by atoms with Gasteiger partial charge in [0.15, 0.2) is 0 Å². The molecule has 0 unspecified atom stereocenters. The maximum Gasteiger partial charge on any atom is 0.311 e. The molecular formula is C18H20ClN3O3. The Morgan fingerprint density at radius 3 is 2.72 bits per heavy atom. The molecule has 0 radical (unpaired) electrons. The van der Waals surface area contributed by atoms with E-state index in [2.05, 4.69) is 22.1 Å². The van der Waals surface area contributed by atoms with Gasteiger partial charge in [-0.2, -0.15) is 0 Å². The summed E-state index contributed by atoms with van der Waals surface area (Å²) in [6, 6.07) is 7.36. The van der Waals surface area contributed by atoms with Gasteiger partial charge in [-0.15, -0.1) is 0 Å². The van der Waals surface area contributed by atoms with Gasteiger partial charge in [-0.25, -0.2) is 4.98 Å². The van der Waals surface area contributed by atoms with E-state index in [1.165, 1.54) is 6.20 Å². The number of benzene rings is 1. The Hall–Kier alpha value is -2.05. The van der Waals surface area contributed by atoms with Crippen LogP contribution in [0.2, 0.25) is 5.02 Å². The van der Waals surface area contributed by atoms with Gasteiger partial charge in [0, 0.05) is 17.1 Å². The zero-order chi connectivity index (χ0) is 17.4. The number of fused-ring (bicyclic) bond motifs is 3. The predicted octanol–water partition coefficient (Wildman–Crippen LogP) is 3.33. The van der Waals surface area contributed by atoms with Gasteiger partial charge in [0.05, 0.1) is 0 Å². The maximum absolute atomic E-state index is 12.5. The van der Waals surface area contributed by atoms with Crippen molar-refractivity contribution in [2.24, 2.45) is 5.92 Å². The van der Waals surface area contributed by atoms with Crippen LogP contribution < -0.4 is 10.1 Å². The lowest BCUT2D eigenvalue weighted by Gasteiger charge is -2.49. The van der Waals surface area contributed by atoms with E-state index >= 15 is 0 Å². The first-order valence-electron chi connectivity index (χ1n) is 8.54. The van der Waals surface area contributed by atoms with Gasteiger partial charge in [0.25, 0.3) is 5.89 Å². The number of nitrogens with zero attached hydrogens (tertiary/aromatic N) is 2. The third kappa shape index (κ3) is 3.37. The third-order valence-electron chi connectivity index (χ3n) is 5.19. The number of carbonyl (C=O) groups is 1. The van der Waals surface area contributed by atoms with Crippen molar-refractivity contribution >= 4 is 17.5 Å². The van der Waals surface area contributed by atoms with Gasteiger partial charge < -0.3 is 14.5 Å². The number of nitrogens with one attached hydrogen (secondary N) is 1. The Kier molecular flexibility index (Phi) is 4.39. The molecule has 2 atom stereocenters. The number of rotatable bonds is 4. The number of oxazole rings is 1. The molecule has 5 rings (SSSR count). The molecule has 7 heteroatoms. The van der Waals surface area contributed by atoms with E-state index in [4.69, 9.17) is 20.8 Å². The van der Waals surface area contributed by atoms with Crippen LogP contribution in [0.4, 0.5) is 0 Å². The summed E-state index contributed by atoms with van der Waals surface area (Å²) in [6.45, 7) is 4.41. The first-order valence-corrected chi connectivity index (χ1v) is 8.92. The van der Waals surface area contributed by atoms with E-state index in [-0.39, 0.29) is 23.8 Å². The molecule has 6 nitrogen and oxygen atoms in total. The molecule has 2 aromatic rings. The second-order valence-electron chi connectivity index (χ2n) is 6.65. The summed E-state index contributed by atoms with van der Waals surface area (Å²) < 4.78 is 11.0. The van der Waals surface area contributed by atoms with Crippen LogP contribution in [0.25, 0.3) is 0 Å². The highest BCUT2D eigenvalue weighted by molar-refractivity contribution is 6.30. The minimum atomic E-state index is -0.295. The van der Waals surface area contributed by atoms with Crippen LogP contribution in [0.5, 0.6) is 11.7 Å². The summed E-state index contributed by atoms with van der Waals surface area (Å²) in [7, 11) is 0. The van der Waals surface area contributed by atoms with Gasteiger partial charge in [-0.05, 0) is 63.0 Å². The highest BCUT2D eigenvalue weighted by atomic mass is 35.5. The third-order valence-corrected chi connectivity index (χ3v) is 5.44. The molecule has 3 aliphatic heterocycles. The molecule has 4 heterocycles. The lowest BCUT2D eigenvalue weighted by molar-refractivity contribution is 0.0209. The summed E-state index contributed by atoms with van der Waals surface area (Å²) in [5.41, 5.74) is 0. The number of halogens is 1. The zero-order valence-corrected chi connectivity index (χ0v) is 14.7. The summed E-state index contributed by atoms with van der Waals surface area (Å²) in [6.07, 6.45) is 3.67. The Labute approximate surface area is 151 Å². The van der Waals surface area contributed by atoms with Crippen LogP contribution in [0.1, 0.15) is 30.5 Å². The number of hydrogen-bond acceptors (Lipinski definition) is 5. The maximum atomic E-state index is 12.5. The van der Waals surface area contributed by atoms with E-state index < -0.39 is 0 Å². The first kappa shape index (κ1) is 16.4. The van der Waals surface area contributed by atoms with Crippen molar-refractivity contribution in [2.45, 2.75) is 31.8 Å². The van der Waals surface area contributed by atoms with Crippen LogP contribution >= 0.6 is 11.6 Å². The predicted molar refractivity (Wildman–Crippen MR) is 93.0 cm³/mol. The molecule has 1 aromatic carbocycles. The Morgan fingerprint density at radius 1 is 1.32 bits per heavy atom. The molecule has 2 bridgehead atoms. The molecule has 3 saturated heterocycles. The number of hydrogen-bond donors (Lipinski definition) is 1. The summed E-state index contributed by atoms with van der Waals surface area (Å²) in [4.78, 5) is 19.0. The molecule has 25 heavy (non-hydrogen) atoms. The normalized spacial score (nSPS) is 27.9. The fourth-order valence-corrected chi connectivity index (χ4v) is 3.91. The molecule has 0 aliphatic carbocycles. The topological polar surface area (TPSA) is 67.6 Å². The Balaban J connectivity index is 1.41. The fraction of sp³-hybridized carbons (Fsp3) is 0.444. The van der Waals surface area contributed by atoms with Crippen molar-refractivity contribution < 1.29 is 13.9 Å². The minimum absolute atomic E-state index is 0.0209. The smallest absolute Gasteiger partial charge is 0.311 e. The number of amides is 1. The van der Waals surface area contributed by atoms with E-state index in [9.17, 15) is 4.79 Å².